The summed E-state index contributed by atoms with van der Waals surface area (Å²) in [5, 5.41) is 0.339. The SMILES string of the molecule is CC[C@H]1SC2=NC(C)=C(C(=O)OCc3ccccc3)[C@@H](c3ccc(OCc4ccccc4)c(OC)c3)N2C1=O. The fourth-order valence-corrected chi connectivity index (χ4v) is 5.81. The van der Waals surface area contributed by atoms with Crippen LogP contribution in [-0.4, -0.2) is 34.3 Å². The van der Waals surface area contributed by atoms with Gasteiger partial charge in [0.25, 0.3) is 0 Å². The van der Waals surface area contributed by atoms with E-state index < -0.39 is 12.0 Å². The number of ether oxygens (including phenoxy) is 3. The summed E-state index contributed by atoms with van der Waals surface area (Å²) in [6.45, 7) is 4.26. The first kappa shape index (κ1) is 26.6. The van der Waals surface area contributed by atoms with Crippen molar-refractivity contribution < 1.29 is 23.8 Å². The average molecular weight is 543 g/mol. The predicted molar refractivity (Wildman–Crippen MR) is 151 cm³/mol. The third-order valence-electron chi connectivity index (χ3n) is 6.70. The highest BCUT2D eigenvalue weighted by Crippen LogP contribution is 2.45. The summed E-state index contributed by atoms with van der Waals surface area (Å²) in [7, 11) is 1.57. The zero-order valence-electron chi connectivity index (χ0n) is 22.1. The number of allylic oxidation sites excluding steroid dienone is 1. The molecule has 0 N–H and O–H groups in total. The zero-order chi connectivity index (χ0) is 27.4. The van der Waals surface area contributed by atoms with Crippen LogP contribution in [0.2, 0.25) is 0 Å². The Balaban J connectivity index is 1.48. The van der Waals surface area contributed by atoms with E-state index in [9.17, 15) is 9.59 Å². The number of benzene rings is 3. The summed E-state index contributed by atoms with van der Waals surface area (Å²) in [4.78, 5) is 33.3. The smallest absolute Gasteiger partial charge is 0.338 e. The summed E-state index contributed by atoms with van der Waals surface area (Å²) in [6.07, 6.45) is 0.661. The zero-order valence-corrected chi connectivity index (χ0v) is 22.9. The normalized spacial score (nSPS) is 18.5. The Morgan fingerprint density at radius 2 is 1.62 bits per heavy atom. The van der Waals surface area contributed by atoms with Crippen LogP contribution in [0.3, 0.4) is 0 Å². The number of esters is 1. The van der Waals surface area contributed by atoms with Gasteiger partial charge in [0, 0.05) is 0 Å². The van der Waals surface area contributed by atoms with E-state index in [1.54, 1.807) is 18.9 Å². The Bertz CT molecular complexity index is 1420. The highest BCUT2D eigenvalue weighted by molar-refractivity contribution is 8.15. The van der Waals surface area contributed by atoms with Crippen LogP contribution >= 0.6 is 11.8 Å². The summed E-state index contributed by atoms with van der Waals surface area (Å²) >= 11 is 1.43. The number of aliphatic imine (C=N–C) groups is 1. The third-order valence-corrected chi connectivity index (χ3v) is 8.01. The Kier molecular flexibility index (Phi) is 8.02. The Morgan fingerprint density at radius 3 is 2.26 bits per heavy atom. The van der Waals surface area contributed by atoms with Gasteiger partial charge in [-0.3, -0.25) is 9.69 Å². The molecule has 7 nitrogen and oxygen atoms in total. The number of thioether (sulfide) groups is 1. The van der Waals surface area contributed by atoms with Crippen LogP contribution in [0.4, 0.5) is 0 Å². The van der Waals surface area contributed by atoms with Crippen molar-refractivity contribution in [3.63, 3.8) is 0 Å². The number of amidine groups is 1. The van der Waals surface area contributed by atoms with Crippen molar-refractivity contribution in [1.29, 1.82) is 0 Å². The van der Waals surface area contributed by atoms with Crippen molar-refractivity contribution in [1.82, 2.24) is 4.90 Å². The fraction of sp³-hybridized carbons (Fsp3) is 0.258. The van der Waals surface area contributed by atoms with Crippen molar-refractivity contribution in [2.45, 2.75) is 44.8 Å². The molecule has 2 aliphatic heterocycles. The molecule has 2 heterocycles. The molecule has 3 aromatic rings. The average Bonchev–Trinajstić information content (AvgIpc) is 3.29. The number of rotatable bonds is 9. The highest BCUT2D eigenvalue weighted by Gasteiger charge is 2.47. The van der Waals surface area contributed by atoms with Gasteiger partial charge in [-0.15, -0.1) is 0 Å². The number of nitrogens with zero attached hydrogens (tertiary/aromatic N) is 2. The molecular formula is C31H30N2O5S. The molecule has 8 heteroatoms. The van der Waals surface area contributed by atoms with Crippen LogP contribution in [0.1, 0.15) is 43.0 Å². The maximum Gasteiger partial charge on any atom is 0.338 e. The molecule has 2 atom stereocenters. The van der Waals surface area contributed by atoms with E-state index in [1.165, 1.54) is 11.8 Å². The molecule has 1 fully saturated rings. The second-order valence-corrected chi connectivity index (χ2v) is 10.4. The van der Waals surface area contributed by atoms with Gasteiger partial charge in [0.1, 0.15) is 13.2 Å². The largest absolute Gasteiger partial charge is 0.493 e. The highest BCUT2D eigenvalue weighted by atomic mass is 32.2. The van der Waals surface area contributed by atoms with Gasteiger partial charge in [0.05, 0.1) is 29.7 Å². The van der Waals surface area contributed by atoms with Crippen molar-refractivity contribution in [2.24, 2.45) is 4.99 Å². The van der Waals surface area contributed by atoms with E-state index >= 15 is 0 Å². The Hall–Kier alpha value is -4.04. The van der Waals surface area contributed by atoms with Gasteiger partial charge < -0.3 is 14.2 Å². The standard InChI is InChI=1S/C31H30N2O5S/c1-4-26-29(34)33-28(23-15-16-24(25(17-23)36-3)37-18-21-11-7-5-8-12-21)27(20(2)32-31(33)39-26)30(35)38-19-22-13-9-6-10-14-22/h5-17,26,28H,4,18-19H2,1-3H3/t26-,28-/m1/s1. The minimum absolute atomic E-state index is 0.0736. The van der Waals surface area contributed by atoms with E-state index in [2.05, 4.69) is 4.99 Å². The molecule has 0 aromatic heterocycles. The van der Waals surface area contributed by atoms with Gasteiger partial charge in [-0.25, -0.2) is 9.79 Å². The van der Waals surface area contributed by atoms with Gasteiger partial charge >= 0.3 is 5.97 Å². The maximum absolute atomic E-state index is 13.5. The molecule has 0 radical (unpaired) electrons. The van der Waals surface area contributed by atoms with Crippen LogP contribution in [0.15, 0.2) is 95.1 Å². The molecule has 0 bridgehead atoms. The van der Waals surface area contributed by atoms with Crippen molar-refractivity contribution in [2.75, 3.05) is 7.11 Å². The number of hydrogen-bond acceptors (Lipinski definition) is 7. The lowest BCUT2D eigenvalue weighted by Crippen LogP contribution is -2.40. The number of amides is 1. The molecule has 1 amide bonds. The van der Waals surface area contributed by atoms with Crippen molar-refractivity contribution in [3.05, 3.63) is 107 Å². The van der Waals surface area contributed by atoms with E-state index in [-0.39, 0.29) is 17.8 Å². The first-order chi connectivity index (χ1) is 19.0. The summed E-state index contributed by atoms with van der Waals surface area (Å²) in [5.74, 6) is 0.492. The predicted octanol–water partition coefficient (Wildman–Crippen LogP) is 6.06. The fourth-order valence-electron chi connectivity index (χ4n) is 4.68. The van der Waals surface area contributed by atoms with Crippen LogP contribution in [0.25, 0.3) is 0 Å². The first-order valence-electron chi connectivity index (χ1n) is 12.8. The molecular weight excluding hydrogens is 512 g/mol. The Labute approximate surface area is 232 Å². The van der Waals surface area contributed by atoms with Gasteiger partial charge in [-0.05, 0) is 42.2 Å². The number of fused-ring (bicyclic) bond motifs is 1. The minimum Gasteiger partial charge on any atom is -0.493 e. The van der Waals surface area contributed by atoms with E-state index in [0.717, 1.165) is 11.1 Å². The molecule has 0 spiro atoms. The monoisotopic (exact) mass is 542 g/mol. The molecule has 200 valence electrons. The van der Waals surface area contributed by atoms with E-state index in [0.29, 0.717) is 46.5 Å². The molecule has 2 aliphatic rings. The molecule has 5 rings (SSSR count). The van der Waals surface area contributed by atoms with Crippen molar-refractivity contribution in [3.8, 4) is 11.5 Å². The van der Waals surface area contributed by atoms with Crippen LogP contribution in [0.5, 0.6) is 11.5 Å². The number of hydrogen-bond donors (Lipinski definition) is 0. The number of carbonyl (C=O) groups is 2. The number of methoxy groups -OCH3 is 1. The van der Waals surface area contributed by atoms with Gasteiger partial charge in [-0.2, -0.15) is 0 Å². The van der Waals surface area contributed by atoms with Gasteiger partial charge in [-0.1, -0.05) is 85.4 Å². The first-order valence-corrected chi connectivity index (χ1v) is 13.7. The number of carbonyl (C=O) groups excluding carboxylic acids is 2. The quantitative estimate of drug-likeness (QED) is 0.306. The van der Waals surface area contributed by atoms with Gasteiger partial charge in [0.15, 0.2) is 16.7 Å². The molecule has 39 heavy (non-hydrogen) atoms. The molecule has 3 aromatic carbocycles. The lowest BCUT2D eigenvalue weighted by Gasteiger charge is -2.33. The van der Waals surface area contributed by atoms with E-state index in [1.807, 2.05) is 85.8 Å². The van der Waals surface area contributed by atoms with Crippen LogP contribution in [0, 0.1) is 0 Å². The van der Waals surface area contributed by atoms with E-state index in [4.69, 9.17) is 14.2 Å². The molecule has 0 unspecified atom stereocenters. The summed E-state index contributed by atoms with van der Waals surface area (Å²) in [6, 6.07) is 24.2. The minimum atomic E-state index is -0.700. The summed E-state index contributed by atoms with van der Waals surface area (Å²) < 4.78 is 17.4. The summed E-state index contributed by atoms with van der Waals surface area (Å²) in [5.41, 5.74) is 3.48. The molecule has 1 saturated heterocycles. The third kappa shape index (κ3) is 5.56. The lowest BCUT2D eigenvalue weighted by molar-refractivity contribution is -0.141. The lowest BCUT2D eigenvalue weighted by atomic mass is 9.93. The second-order valence-electron chi connectivity index (χ2n) is 9.27. The topological polar surface area (TPSA) is 77.4 Å². The maximum atomic E-state index is 13.5. The molecule has 0 saturated carbocycles. The Morgan fingerprint density at radius 1 is 0.949 bits per heavy atom. The van der Waals surface area contributed by atoms with Crippen molar-refractivity contribution >= 4 is 28.8 Å². The van der Waals surface area contributed by atoms with Gasteiger partial charge in [0.2, 0.25) is 5.91 Å². The second kappa shape index (κ2) is 11.8. The van der Waals surface area contributed by atoms with Crippen LogP contribution < -0.4 is 9.47 Å². The van der Waals surface area contributed by atoms with Crippen LogP contribution in [-0.2, 0) is 27.5 Å². The molecule has 0 aliphatic carbocycles.